The lowest BCUT2D eigenvalue weighted by Crippen LogP contribution is -2.15. The average Bonchev–Trinajstić information content (AvgIpc) is 2.80. The molecule has 0 radical (unpaired) electrons. The first-order chi connectivity index (χ1) is 16.0. The molecule has 0 aliphatic rings. The van der Waals surface area contributed by atoms with Crippen LogP contribution in [0.5, 0.6) is 0 Å². The molecule has 3 rings (SSSR count). The number of aliphatic imine (C=N–C) groups is 2. The number of rotatable bonds is 4. The third-order valence-corrected chi connectivity index (χ3v) is 5.58. The van der Waals surface area contributed by atoms with Gasteiger partial charge in [-0.1, -0.05) is 17.8 Å². The van der Waals surface area contributed by atoms with Gasteiger partial charge in [-0.25, -0.2) is 15.0 Å². The molecule has 176 valence electrons. The van der Waals surface area contributed by atoms with Gasteiger partial charge in [0.15, 0.2) is 11.0 Å². The first kappa shape index (κ1) is 25.1. The fourth-order valence-corrected chi connectivity index (χ4v) is 3.54. The van der Waals surface area contributed by atoms with E-state index in [9.17, 15) is 18.0 Å². The summed E-state index contributed by atoms with van der Waals surface area (Å²) in [7, 11) is 0. The zero-order valence-electron chi connectivity index (χ0n) is 19.0. The molecule has 2 heterocycles. The molecule has 1 aromatic carbocycles. The highest BCUT2D eigenvalue weighted by atomic mass is 32.2. The van der Waals surface area contributed by atoms with Crippen molar-refractivity contribution in [2.75, 3.05) is 11.6 Å². The Hall–Kier alpha value is -3.53. The third-order valence-electron chi connectivity index (χ3n) is 4.99. The molecule has 6 nitrogen and oxygen atoms in total. The summed E-state index contributed by atoms with van der Waals surface area (Å²) < 4.78 is 38.8. The summed E-state index contributed by atoms with van der Waals surface area (Å²) in [6.07, 6.45) is -1.82. The molecule has 2 aromatic heterocycles. The molecule has 0 saturated heterocycles. The number of carbonyl (C=O) groups excluding carboxylic acids is 1. The Balaban J connectivity index is 1.94. The van der Waals surface area contributed by atoms with Crippen LogP contribution in [0, 0.1) is 20.8 Å². The first-order valence-electron chi connectivity index (χ1n) is 10.1. The van der Waals surface area contributed by atoms with Crippen LogP contribution in [-0.4, -0.2) is 34.0 Å². The summed E-state index contributed by atoms with van der Waals surface area (Å²) in [6.45, 7) is 9.17. The van der Waals surface area contributed by atoms with Crippen molar-refractivity contribution >= 4 is 41.1 Å². The van der Waals surface area contributed by atoms with Crippen LogP contribution >= 0.6 is 11.8 Å². The molecule has 0 aliphatic carbocycles. The first-order valence-corrected chi connectivity index (χ1v) is 11.3. The lowest BCUT2D eigenvalue weighted by molar-refractivity contribution is -0.141. The quantitative estimate of drug-likeness (QED) is 0.343. The Labute approximate surface area is 199 Å². The van der Waals surface area contributed by atoms with Gasteiger partial charge in [0.2, 0.25) is 0 Å². The van der Waals surface area contributed by atoms with E-state index in [1.54, 1.807) is 12.1 Å². The molecule has 3 aromatic rings. The van der Waals surface area contributed by atoms with Crippen LogP contribution in [0.1, 0.15) is 32.9 Å². The Morgan fingerprint density at radius 3 is 2.44 bits per heavy atom. The topological polar surface area (TPSA) is 79.6 Å². The predicted molar refractivity (Wildman–Crippen MR) is 131 cm³/mol. The van der Waals surface area contributed by atoms with Crippen molar-refractivity contribution in [2.24, 2.45) is 9.98 Å². The van der Waals surface area contributed by atoms with Crippen LogP contribution in [0.3, 0.4) is 0 Å². The Morgan fingerprint density at radius 2 is 1.79 bits per heavy atom. The van der Waals surface area contributed by atoms with Crippen molar-refractivity contribution in [3.63, 3.8) is 0 Å². The Morgan fingerprint density at radius 1 is 1.06 bits per heavy atom. The van der Waals surface area contributed by atoms with Gasteiger partial charge in [-0.2, -0.15) is 13.2 Å². The highest BCUT2D eigenvalue weighted by molar-refractivity contribution is 8.13. The normalized spacial score (nSPS) is 11.9. The van der Waals surface area contributed by atoms with Gasteiger partial charge in [0.25, 0.3) is 5.91 Å². The van der Waals surface area contributed by atoms with Crippen molar-refractivity contribution in [3.05, 3.63) is 70.7 Å². The number of anilines is 1. The van der Waals surface area contributed by atoms with Crippen LogP contribution < -0.4 is 5.32 Å². The van der Waals surface area contributed by atoms with Gasteiger partial charge in [0.1, 0.15) is 5.69 Å². The number of hydrogen-bond acceptors (Lipinski definition) is 5. The van der Waals surface area contributed by atoms with E-state index in [1.165, 1.54) is 17.8 Å². The second-order valence-electron chi connectivity index (χ2n) is 7.43. The van der Waals surface area contributed by atoms with Crippen molar-refractivity contribution in [1.82, 2.24) is 9.97 Å². The highest BCUT2D eigenvalue weighted by Gasteiger charge is 2.33. The van der Waals surface area contributed by atoms with Gasteiger partial charge in [0, 0.05) is 28.7 Å². The predicted octanol–water partition coefficient (Wildman–Crippen LogP) is 6.39. The Bertz CT molecular complexity index is 1290. The van der Waals surface area contributed by atoms with Gasteiger partial charge in [-0.3, -0.25) is 9.78 Å². The van der Waals surface area contributed by atoms with Crippen LogP contribution in [0.2, 0.25) is 0 Å². The molecular formula is C24H22F3N5OS. The minimum absolute atomic E-state index is 0.138. The number of amidine groups is 1. The number of alkyl halides is 3. The van der Waals surface area contributed by atoms with E-state index < -0.39 is 17.8 Å². The number of aromatic nitrogens is 2. The second kappa shape index (κ2) is 10.2. The zero-order valence-corrected chi connectivity index (χ0v) is 19.8. The van der Waals surface area contributed by atoms with Gasteiger partial charge in [0.05, 0.1) is 0 Å². The lowest BCUT2D eigenvalue weighted by Gasteiger charge is -2.14. The Kier molecular flexibility index (Phi) is 7.51. The smallest absolute Gasteiger partial charge is 0.322 e. The summed E-state index contributed by atoms with van der Waals surface area (Å²) in [6, 6.07) is 9.20. The van der Waals surface area contributed by atoms with Crippen molar-refractivity contribution < 1.29 is 18.0 Å². The molecule has 0 bridgehead atoms. The van der Waals surface area contributed by atoms with E-state index in [4.69, 9.17) is 0 Å². The number of nitrogens with zero attached hydrogens (tertiary/aromatic N) is 4. The number of halogens is 3. The van der Waals surface area contributed by atoms with E-state index >= 15 is 0 Å². The molecule has 0 fully saturated rings. The van der Waals surface area contributed by atoms with Gasteiger partial charge >= 0.3 is 6.18 Å². The SMILES string of the molecule is C=N/C(=N\c1nc(C)c(-c2cc(NC(=O)c3ccnc(C(F)(F)F)c3)ccc2C)cc1C)SC. The maximum Gasteiger partial charge on any atom is 0.433 e. The summed E-state index contributed by atoms with van der Waals surface area (Å²) in [4.78, 5) is 28.8. The molecule has 0 unspecified atom stereocenters. The molecule has 0 spiro atoms. The van der Waals surface area contributed by atoms with Crippen LogP contribution in [0.4, 0.5) is 24.7 Å². The lowest BCUT2D eigenvalue weighted by atomic mass is 9.97. The van der Waals surface area contributed by atoms with Crippen molar-refractivity contribution in [1.29, 1.82) is 0 Å². The number of carbonyl (C=O) groups is 1. The second-order valence-corrected chi connectivity index (χ2v) is 8.20. The molecule has 1 N–H and O–H groups in total. The summed E-state index contributed by atoms with van der Waals surface area (Å²) >= 11 is 1.36. The number of thioether (sulfide) groups is 1. The fourth-order valence-electron chi connectivity index (χ4n) is 3.23. The monoisotopic (exact) mass is 485 g/mol. The minimum Gasteiger partial charge on any atom is -0.322 e. The molecular weight excluding hydrogens is 463 g/mol. The third kappa shape index (κ3) is 5.69. The largest absolute Gasteiger partial charge is 0.433 e. The maximum absolute atomic E-state index is 12.9. The van der Waals surface area contributed by atoms with Gasteiger partial charge in [-0.05, 0) is 80.8 Å². The number of hydrogen-bond donors (Lipinski definition) is 1. The van der Waals surface area contributed by atoms with E-state index in [2.05, 4.69) is 32.0 Å². The van der Waals surface area contributed by atoms with Crippen molar-refractivity contribution in [3.8, 4) is 11.1 Å². The average molecular weight is 486 g/mol. The highest BCUT2D eigenvalue weighted by Crippen LogP contribution is 2.33. The molecule has 0 atom stereocenters. The zero-order chi connectivity index (χ0) is 25.0. The fraction of sp³-hybridized carbons (Fsp3) is 0.208. The van der Waals surface area contributed by atoms with Crippen LogP contribution in [0.15, 0.2) is 52.6 Å². The standard InChI is InChI=1S/C24H22F3N5OS/c1-13-6-7-17(31-22(33)16-8-9-29-20(11-16)24(25,26)27)12-18(13)19-10-14(2)21(30-15(19)3)32-23(28-4)34-5/h6-12H,4H2,1-3,5H3,(H,31,33)/b32-23+. The molecule has 0 saturated carbocycles. The van der Waals surface area contributed by atoms with E-state index in [-0.39, 0.29) is 5.56 Å². The minimum atomic E-state index is -4.63. The molecule has 10 heteroatoms. The molecule has 0 aliphatic heterocycles. The number of nitrogens with one attached hydrogen (secondary N) is 1. The number of aryl methyl sites for hydroxylation is 3. The summed E-state index contributed by atoms with van der Waals surface area (Å²) in [5, 5.41) is 3.17. The summed E-state index contributed by atoms with van der Waals surface area (Å²) in [5.74, 6) is -0.127. The van der Waals surface area contributed by atoms with Crippen LogP contribution in [0.25, 0.3) is 11.1 Å². The molecule has 34 heavy (non-hydrogen) atoms. The van der Waals surface area contributed by atoms with E-state index in [1.807, 2.05) is 39.2 Å². The van der Waals surface area contributed by atoms with E-state index in [0.29, 0.717) is 16.7 Å². The number of pyridine rings is 2. The van der Waals surface area contributed by atoms with E-state index in [0.717, 1.165) is 40.2 Å². The van der Waals surface area contributed by atoms with Crippen molar-refractivity contribution in [2.45, 2.75) is 26.9 Å². The van der Waals surface area contributed by atoms with Gasteiger partial charge in [-0.15, -0.1) is 0 Å². The molecule has 1 amide bonds. The number of benzene rings is 1. The maximum atomic E-state index is 12.9. The number of amides is 1. The van der Waals surface area contributed by atoms with Gasteiger partial charge < -0.3 is 5.32 Å². The van der Waals surface area contributed by atoms with Crippen LogP contribution in [-0.2, 0) is 6.18 Å². The summed E-state index contributed by atoms with van der Waals surface area (Å²) in [5.41, 5.74) is 3.37.